The van der Waals surface area contributed by atoms with Crippen LogP contribution in [-0.4, -0.2) is 23.7 Å². The molecule has 1 unspecified atom stereocenters. The Morgan fingerprint density at radius 2 is 2.19 bits per heavy atom. The van der Waals surface area contributed by atoms with Gasteiger partial charge in [0, 0.05) is 6.54 Å². The summed E-state index contributed by atoms with van der Waals surface area (Å²) >= 11 is 4.43. The summed E-state index contributed by atoms with van der Waals surface area (Å²) < 4.78 is 5.38. The Balaban J connectivity index is 2.48. The Morgan fingerprint density at radius 3 is 2.62 bits per heavy atom. The lowest BCUT2D eigenvalue weighted by Crippen LogP contribution is -2.32. The fourth-order valence-corrected chi connectivity index (χ4v) is 2.28. The minimum atomic E-state index is 0.651. The van der Waals surface area contributed by atoms with Crippen molar-refractivity contribution in [3.63, 3.8) is 0 Å². The molecule has 0 aliphatic rings. The first-order valence-corrected chi connectivity index (χ1v) is 6.66. The lowest BCUT2D eigenvalue weighted by Gasteiger charge is -2.27. The van der Waals surface area contributed by atoms with Crippen LogP contribution in [0.2, 0.25) is 0 Å². The van der Waals surface area contributed by atoms with Crippen molar-refractivity contribution >= 4 is 12.6 Å². The molecule has 1 aromatic heterocycles. The number of hydrogen-bond donors (Lipinski definition) is 1. The molecule has 3 heteroatoms. The Labute approximate surface area is 104 Å². The van der Waals surface area contributed by atoms with Crippen molar-refractivity contribution in [3.05, 3.63) is 24.2 Å². The summed E-state index contributed by atoms with van der Waals surface area (Å²) in [5, 5.41) is 0. The van der Waals surface area contributed by atoms with Crippen LogP contribution in [-0.2, 0) is 6.54 Å². The van der Waals surface area contributed by atoms with Crippen LogP contribution in [0.15, 0.2) is 22.8 Å². The molecule has 1 atom stereocenters. The van der Waals surface area contributed by atoms with Gasteiger partial charge < -0.3 is 4.42 Å². The number of furan rings is 1. The maximum Gasteiger partial charge on any atom is 0.117 e. The molecule has 0 amide bonds. The second-order valence-electron chi connectivity index (χ2n) is 4.59. The van der Waals surface area contributed by atoms with Gasteiger partial charge in [0.05, 0.1) is 12.8 Å². The van der Waals surface area contributed by atoms with Gasteiger partial charge in [0.15, 0.2) is 0 Å². The predicted octanol–water partition coefficient (Wildman–Crippen LogP) is 3.30. The molecular weight excluding hydrogens is 218 g/mol. The molecule has 0 aliphatic heterocycles. The van der Waals surface area contributed by atoms with E-state index in [4.69, 9.17) is 4.42 Å². The molecule has 0 saturated carbocycles. The number of rotatable bonds is 7. The van der Waals surface area contributed by atoms with Crippen LogP contribution < -0.4 is 0 Å². The van der Waals surface area contributed by atoms with Crippen LogP contribution in [0, 0.1) is 11.8 Å². The largest absolute Gasteiger partial charge is 0.468 e. The van der Waals surface area contributed by atoms with Gasteiger partial charge in [0.2, 0.25) is 0 Å². The van der Waals surface area contributed by atoms with Crippen molar-refractivity contribution in [2.45, 2.75) is 27.3 Å². The highest BCUT2D eigenvalue weighted by Crippen LogP contribution is 2.16. The maximum atomic E-state index is 5.38. The van der Waals surface area contributed by atoms with Gasteiger partial charge in [-0.3, -0.25) is 4.90 Å². The summed E-state index contributed by atoms with van der Waals surface area (Å²) in [6.45, 7) is 9.78. The highest BCUT2D eigenvalue weighted by atomic mass is 32.1. The van der Waals surface area contributed by atoms with Crippen LogP contribution in [0.4, 0.5) is 0 Å². The van der Waals surface area contributed by atoms with Crippen molar-refractivity contribution in [3.8, 4) is 0 Å². The first-order chi connectivity index (χ1) is 7.67. The van der Waals surface area contributed by atoms with Gasteiger partial charge in [-0.15, -0.1) is 0 Å². The third-order valence-electron chi connectivity index (χ3n) is 3.08. The SMILES string of the molecule is CCN(Cc1ccco1)CC(CS)C(C)C. The van der Waals surface area contributed by atoms with E-state index in [9.17, 15) is 0 Å². The molecule has 0 spiro atoms. The molecular formula is C13H23NOS. The Morgan fingerprint density at radius 1 is 1.44 bits per heavy atom. The molecule has 0 aromatic carbocycles. The van der Waals surface area contributed by atoms with Gasteiger partial charge in [0.25, 0.3) is 0 Å². The topological polar surface area (TPSA) is 16.4 Å². The Hall–Kier alpha value is -0.410. The molecule has 1 aromatic rings. The standard InChI is InChI=1S/C13H23NOS/c1-4-14(8-12(10-16)11(2)3)9-13-6-5-7-15-13/h5-7,11-12,16H,4,8-10H2,1-3H3. The van der Waals surface area contributed by atoms with Crippen molar-refractivity contribution in [2.75, 3.05) is 18.8 Å². The predicted molar refractivity (Wildman–Crippen MR) is 71.8 cm³/mol. The van der Waals surface area contributed by atoms with Crippen molar-refractivity contribution in [2.24, 2.45) is 11.8 Å². The van der Waals surface area contributed by atoms with Gasteiger partial charge >= 0.3 is 0 Å². The van der Waals surface area contributed by atoms with Gasteiger partial charge in [-0.2, -0.15) is 12.6 Å². The minimum absolute atomic E-state index is 0.651. The van der Waals surface area contributed by atoms with E-state index < -0.39 is 0 Å². The lowest BCUT2D eigenvalue weighted by atomic mass is 9.97. The highest BCUT2D eigenvalue weighted by molar-refractivity contribution is 7.80. The van der Waals surface area contributed by atoms with Crippen LogP contribution in [0.5, 0.6) is 0 Å². The lowest BCUT2D eigenvalue weighted by molar-refractivity contribution is 0.202. The summed E-state index contributed by atoms with van der Waals surface area (Å²) in [6.07, 6.45) is 1.74. The molecule has 1 rings (SSSR count). The fourth-order valence-electron chi connectivity index (χ4n) is 1.74. The summed E-state index contributed by atoms with van der Waals surface area (Å²) in [6, 6.07) is 3.98. The molecule has 0 saturated heterocycles. The second-order valence-corrected chi connectivity index (χ2v) is 4.96. The van der Waals surface area contributed by atoms with E-state index in [0.717, 1.165) is 31.1 Å². The summed E-state index contributed by atoms with van der Waals surface area (Å²) in [5.41, 5.74) is 0. The third-order valence-corrected chi connectivity index (χ3v) is 3.55. The zero-order valence-corrected chi connectivity index (χ0v) is 11.4. The molecule has 16 heavy (non-hydrogen) atoms. The van der Waals surface area contributed by atoms with Crippen LogP contribution in [0.3, 0.4) is 0 Å². The Bertz CT molecular complexity index is 271. The average Bonchev–Trinajstić information content (AvgIpc) is 2.76. The number of thiol groups is 1. The summed E-state index contributed by atoms with van der Waals surface area (Å²) in [7, 11) is 0. The number of hydrogen-bond acceptors (Lipinski definition) is 3. The molecule has 0 N–H and O–H groups in total. The summed E-state index contributed by atoms with van der Waals surface area (Å²) in [4.78, 5) is 2.42. The van der Waals surface area contributed by atoms with E-state index in [1.807, 2.05) is 12.1 Å². The quantitative estimate of drug-likeness (QED) is 0.737. The highest BCUT2D eigenvalue weighted by Gasteiger charge is 2.16. The van der Waals surface area contributed by atoms with Crippen LogP contribution in [0.1, 0.15) is 26.5 Å². The Kier molecular flexibility index (Phi) is 5.99. The van der Waals surface area contributed by atoms with Crippen molar-refractivity contribution in [1.29, 1.82) is 0 Å². The van der Waals surface area contributed by atoms with E-state index >= 15 is 0 Å². The van der Waals surface area contributed by atoms with Gasteiger partial charge in [0.1, 0.15) is 5.76 Å². The fraction of sp³-hybridized carbons (Fsp3) is 0.692. The van der Waals surface area contributed by atoms with Crippen molar-refractivity contribution in [1.82, 2.24) is 4.90 Å². The molecule has 0 bridgehead atoms. The van der Waals surface area contributed by atoms with Gasteiger partial charge in [-0.25, -0.2) is 0 Å². The minimum Gasteiger partial charge on any atom is -0.468 e. The second kappa shape index (κ2) is 7.02. The van der Waals surface area contributed by atoms with Gasteiger partial charge in [-0.1, -0.05) is 20.8 Å². The van der Waals surface area contributed by atoms with E-state index in [1.54, 1.807) is 6.26 Å². The average molecular weight is 241 g/mol. The molecule has 2 nitrogen and oxygen atoms in total. The molecule has 92 valence electrons. The maximum absolute atomic E-state index is 5.38. The zero-order valence-electron chi connectivity index (χ0n) is 10.5. The molecule has 0 radical (unpaired) electrons. The van der Waals surface area contributed by atoms with E-state index in [1.165, 1.54) is 0 Å². The normalized spacial score (nSPS) is 13.6. The van der Waals surface area contributed by atoms with E-state index in [2.05, 4.69) is 38.3 Å². The summed E-state index contributed by atoms with van der Waals surface area (Å²) in [5.74, 6) is 3.33. The van der Waals surface area contributed by atoms with E-state index in [0.29, 0.717) is 11.8 Å². The number of nitrogens with zero attached hydrogens (tertiary/aromatic N) is 1. The first-order valence-electron chi connectivity index (χ1n) is 6.03. The first kappa shape index (κ1) is 13.7. The smallest absolute Gasteiger partial charge is 0.117 e. The molecule has 0 aliphatic carbocycles. The van der Waals surface area contributed by atoms with E-state index in [-0.39, 0.29) is 0 Å². The third kappa shape index (κ3) is 4.22. The molecule has 0 fully saturated rings. The van der Waals surface area contributed by atoms with Gasteiger partial charge in [-0.05, 0) is 36.3 Å². The monoisotopic (exact) mass is 241 g/mol. The van der Waals surface area contributed by atoms with Crippen LogP contribution in [0.25, 0.3) is 0 Å². The van der Waals surface area contributed by atoms with Crippen molar-refractivity contribution < 1.29 is 4.42 Å². The molecule has 1 heterocycles. The van der Waals surface area contributed by atoms with Crippen LogP contribution >= 0.6 is 12.6 Å². The zero-order chi connectivity index (χ0) is 12.0.